The maximum absolute atomic E-state index is 11.0. The van der Waals surface area contributed by atoms with E-state index in [-0.39, 0.29) is 6.04 Å². The highest BCUT2D eigenvalue weighted by Crippen LogP contribution is 2.32. The van der Waals surface area contributed by atoms with Crippen molar-refractivity contribution < 1.29 is 14.6 Å². The van der Waals surface area contributed by atoms with Gasteiger partial charge in [0.05, 0.1) is 0 Å². The molecule has 1 atom stereocenters. The zero-order valence-corrected chi connectivity index (χ0v) is 8.88. The number of ether oxygens (including phenoxy) is 1. The minimum atomic E-state index is -0.715. The molecule has 0 radical (unpaired) electrons. The van der Waals surface area contributed by atoms with E-state index in [1.54, 1.807) is 7.11 Å². The standard InChI is InChI=1S/C10H19NO3/c1-8(4-7-14-2)11-10(9(12)13)5-3-6-10/h8,11H,3-7H2,1-2H3,(H,12,13). The van der Waals surface area contributed by atoms with E-state index in [2.05, 4.69) is 5.32 Å². The second-order valence-electron chi connectivity index (χ2n) is 4.07. The predicted octanol–water partition coefficient (Wildman–Crippen LogP) is 1.01. The van der Waals surface area contributed by atoms with E-state index in [1.165, 1.54) is 0 Å². The van der Waals surface area contributed by atoms with Gasteiger partial charge in [-0.1, -0.05) is 0 Å². The van der Waals surface area contributed by atoms with Crippen molar-refractivity contribution in [3.8, 4) is 0 Å². The number of nitrogens with one attached hydrogen (secondary N) is 1. The Morgan fingerprint density at radius 1 is 1.64 bits per heavy atom. The molecule has 0 aromatic carbocycles. The fourth-order valence-corrected chi connectivity index (χ4v) is 1.79. The first kappa shape index (κ1) is 11.5. The van der Waals surface area contributed by atoms with Gasteiger partial charge in [-0.15, -0.1) is 0 Å². The van der Waals surface area contributed by atoms with Crippen molar-refractivity contribution >= 4 is 5.97 Å². The fourth-order valence-electron chi connectivity index (χ4n) is 1.79. The lowest BCUT2D eigenvalue weighted by Crippen LogP contribution is -2.59. The highest BCUT2D eigenvalue weighted by atomic mass is 16.5. The van der Waals surface area contributed by atoms with Gasteiger partial charge >= 0.3 is 5.97 Å². The summed E-state index contributed by atoms with van der Waals surface area (Å²) in [6.45, 7) is 2.67. The van der Waals surface area contributed by atoms with E-state index >= 15 is 0 Å². The fraction of sp³-hybridized carbons (Fsp3) is 0.900. The molecule has 1 rings (SSSR count). The largest absolute Gasteiger partial charge is 0.480 e. The number of rotatable bonds is 6. The molecule has 0 bridgehead atoms. The number of hydrogen-bond donors (Lipinski definition) is 2. The van der Waals surface area contributed by atoms with Gasteiger partial charge in [0, 0.05) is 19.8 Å². The second-order valence-corrected chi connectivity index (χ2v) is 4.07. The zero-order chi connectivity index (χ0) is 10.6. The van der Waals surface area contributed by atoms with Crippen LogP contribution in [0.15, 0.2) is 0 Å². The second kappa shape index (κ2) is 4.75. The molecule has 0 aromatic heterocycles. The van der Waals surface area contributed by atoms with E-state index < -0.39 is 11.5 Å². The third kappa shape index (κ3) is 2.45. The highest BCUT2D eigenvalue weighted by molar-refractivity contribution is 5.80. The lowest BCUT2D eigenvalue weighted by Gasteiger charge is -2.40. The molecule has 2 N–H and O–H groups in total. The minimum absolute atomic E-state index is 0.200. The van der Waals surface area contributed by atoms with E-state index in [0.717, 1.165) is 25.7 Å². The molecule has 4 nitrogen and oxygen atoms in total. The molecule has 0 aliphatic heterocycles. The van der Waals surface area contributed by atoms with Crippen molar-refractivity contribution in [2.24, 2.45) is 0 Å². The summed E-state index contributed by atoms with van der Waals surface area (Å²) in [5, 5.41) is 12.2. The van der Waals surface area contributed by atoms with Crippen molar-refractivity contribution in [1.29, 1.82) is 0 Å². The van der Waals surface area contributed by atoms with Crippen LogP contribution in [0.4, 0.5) is 0 Å². The Labute approximate surface area is 84.6 Å². The molecule has 0 spiro atoms. The number of carboxylic acid groups (broad SMARTS) is 1. The molecule has 1 fully saturated rings. The number of carboxylic acids is 1. The first-order valence-electron chi connectivity index (χ1n) is 5.11. The molecule has 0 amide bonds. The maximum atomic E-state index is 11.0. The average molecular weight is 201 g/mol. The molecular formula is C10H19NO3. The van der Waals surface area contributed by atoms with E-state index in [0.29, 0.717) is 6.61 Å². The molecule has 0 heterocycles. The van der Waals surface area contributed by atoms with Crippen molar-refractivity contribution in [3.05, 3.63) is 0 Å². The Hall–Kier alpha value is -0.610. The Balaban J connectivity index is 2.36. The van der Waals surface area contributed by atoms with Crippen LogP contribution in [0.1, 0.15) is 32.6 Å². The lowest BCUT2D eigenvalue weighted by atomic mass is 9.76. The number of hydrogen-bond acceptors (Lipinski definition) is 3. The van der Waals surface area contributed by atoms with Crippen LogP contribution in [-0.2, 0) is 9.53 Å². The molecule has 1 aliphatic carbocycles. The molecule has 82 valence electrons. The Bertz CT molecular complexity index is 202. The van der Waals surface area contributed by atoms with Crippen molar-refractivity contribution in [3.63, 3.8) is 0 Å². The normalized spacial score (nSPS) is 21.3. The Kier molecular flexibility index (Phi) is 3.89. The summed E-state index contributed by atoms with van der Waals surface area (Å²) in [5.41, 5.74) is -0.646. The maximum Gasteiger partial charge on any atom is 0.323 e. The van der Waals surface area contributed by atoms with Gasteiger partial charge in [-0.25, -0.2) is 0 Å². The van der Waals surface area contributed by atoms with Gasteiger partial charge in [-0.2, -0.15) is 0 Å². The van der Waals surface area contributed by atoms with Crippen LogP contribution < -0.4 is 5.32 Å². The topological polar surface area (TPSA) is 58.6 Å². The quantitative estimate of drug-likeness (QED) is 0.673. The van der Waals surface area contributed by atoms with Crippen molar-refractivity contribution in [1.82, 2.24) is 5.32 Å². The number of aliphatic carboxylic acids is 1. The van der Waals surface area contributed by atoms with Crippen LogP contribution in [0.5, 0.6) is 0 Å². The lowest BCUT2D eigenvalue weighted by molar-refractivity contribution is -0.149. The van der Waals surface area contributed by atoms with Gasteiger partial charge in [0.2, 0.25) is 0 Å². The van der Waals surface area contributed by atoms with Crippen LogP contribution in [0, 0.1) is 0 Å². The van der Waals surface area contributed by atoms with Crippen LogP contribution in [0.25, 0.3) is 0 Å². The Morgan fingerprint density at radius 2 is 2.29 bits per heavy atom. The number of carbonyl (C=O) groups is 1. The van der Waals surface area contributed by atoms with Crippen LogP contribution in [0.3, 0.4) is 0 Å². The molecule has 1 saturated carbocycles. The summed E-state index contributed by atoms with van der Waals surface area (Å²) in [5.74, 6) is -0.715. The van der Waals surface area contributed by atoms with Gasteiger partial charge in [0.1, 0.15) is 5.54 Å². The van der Waals surface area contributed by atoms with E-state index in [9.17, 15) is 4.79 Å². The third-order valence-electron chi connectivity index (χ3n) is 2.89. The summed E-state index contributed by atoms with van der Waals surface area (Å²) in [4.78, 5) is 11.0. The monoisotopic (exact) mass is 201 g/mol. The molecule has 1 unspecified atom stereocenters. The first-order chi connectivity index (χ1) is 6.60. The van der Waals surface area contributed by atoms with Crippen molar-refractivity contribution in [2.75, 3.05) is 13.7 Å². The molecule has 0 aromatic rings. The van der Waals surface area contributed by atoms with Gasteiger partial charge in [-0.05, 0) is 32.6 Å². The highest BCUT2D eigenvalue weighted by Gasteiger charge is 2.44. The molecule has 14 heavy (non-hydrogen) atoms. The summed E-state index contributed by atoms with van der Waals surface area (Å²) in [6, 6.07) is 0.200. The molecule has 1 aliphatic rings. The smallest absolute Gasteiger partial charge is 0.323 e. The SMILES string of the molecule is COCCC(C)NC1(C(=O)O)CCC1. The van der Waals surface area contributed by atoms with Crippen molar-refractivity contribution in [2.45, 2.75) is 44.2 Å². The minimum Gasteiger partial charge on any atom is -0.480 e. The van der Waals surface area contributed by atoms with Gasteiger partial charge in [0.25, 0.3) is 0 Å². The summed E-state index contributed by atoms with van der Waals surface area (Å²) < 4.78 is 4.95. The average Bonchev–Trinajstić information content (AvgIpc) is 2.07. The van der Waals surface area contributed by atoms with Crippen LogP contribution >= 0.6 is 0 Å². The van der Waals surface area contributed by atoms with Gasteiger partial charge in [-0.3, -0.25) is 10.1 Å². The Morgan fingerprint density at radius 3 is 2.64 bits per heavy atom. The summed E-state index contributed by atoms with van der Waals surface area (Å²) >= 11 is 0. The van der Waals surface area contributed by atoms with Crippen LogP contribution in [-0.4, -0.2) is 36.4 Å². The summed E-state index contributed by atoms with van der Waals surface area (Å²) in [7, 11) is 1.66. The first-order valence-corrected chi connectivity index (χ1v) is 5.11. The zero-order valence-electron chi connectivity index (χ0n) is 8.88. The number of methoxy groups -OCH3 is 1. The molecular weight excluding hydrogens is 182 g/mol. The predicted molar refractivity (Wildman–Crippen MR) is 53.3 cm³/mol. The molecule has 4 heteroatoms. The van der Waals surface area contributed by atoms with E-state index in [1.807, 2.05) is 6.92 Å². The summed E-state index contributed by atoms with van der Waals surface area (Å²) in [6.07, 6.45) is 3.36. The van der Waals surface area contributed by atoms with E-state index in [4.69, 9.17) is 9.84 Å². The molecule has 0 saturated heterocycles. The van der Waals surface area contributed by atoms with Gasteiger partial charge in [0.15, 0.2) is 0 Å². The van der Waals surface area contributed by atoms with Gasteiger partial charge < -0.3 is 9.84 Å². The third-order valence-corrected chi connectivity index (χ3v) is 2.89. The van der Waals surface area contributed by atoms with Crippen LogP contribution in [0.2, 0.25) is 0 Å².